The summed E-state index contributed by atoms with van der Waals surface area (Å²) in [7, 11) is 0. The number of rotatable bonds is 10. The van der Waals surface area contributed by atoms with Crippen LogP contribution in [0.1, 0.15) is 49.3 Å². The van der Waals surface area contributed by atoms with Crippen LogP contribution in [0.3, 0.4) is 0 Å². The number of nitrogens with one attached hydrogen (secondary N) is 1. The second-order valence-electron chi connectivity index (χ2n) is 8.19. The molecule has 3 aromatic carbocycles. The second kappa shape index (κ2) is 12.2. The molecule has 0 fully saturated rings. The highest BCUT2D eigenvalue weighted by molar-refractivity contribution is 6.30. The van der Waals surface area contributed by atoms with E-state index in [1.807, 2.05) is 79.7 Å². The Labute approximate surface area is 201 Å². The van der Waals surface area contributed by atoms with E-state index in [2.05, 4.69) is 5.32 Å². The van der Waals surface area contributed by atoms with E-state index in [1.165, 1.54) is 0 Å². The normalized spacial score (nSPS) is 11.8. The third-order valence-electron chi connectivity index (χ3n) is 5.77. The highest BCUT2D eigenvalue weighted by atomic mass is 35.5. The Kier molecular flexibility index (Phi) is 9.08. The summed E-state index contributed by atoms with van der Waals surface area (Å²) in [5.74, 6) is -0.310. The maximum Gasteiger partial charge on any atom is 0.242 e. The Balaban J connectivity index is 1.89. The van der Waals surface area contributed by atoms with Gasteiger partial charge in [-0.1, -0.05) is 91.3 Å². The van der Waals surface area contributed by atoms with Crippen LogP contribution in [0, 0.1) is 0 Å². The van der Waals surface area contributed by atoms with Crippen molar-refractivity contribution in [1.82, 2.24) is 10.2 Å². The van der Waals surface area contributed by atoms with E-state index in [4.69, 9.17) is 11.6 Å². The average Bonchev–Trinajstić information content (AvgIpc) is 2.86. The fraction of sp³-hybridized carbons (Fsp3) is 0.286. The van der Waals surface area contributed by atoms with Gasteiger partial charge >= 0.3 is 0 Å². The first-order valence-corrected chi connectivity index (χ1v) is 11.8. The van der Waals surface area contributed by atoms with Crippen LogP contribution >= 0.6 is 11.6 Å². The lowest BCUT2D eigenvalue weighted by Crippen LogP contribution is -2.48. The van der Waals surface area contributed by atoms with Gasteiger partial charge in [0.25, 0.3) is 0 Å². The van der Waals surface area contributed by atoms with Crippen LogP contribution < -0.4 is 5.32 Å². The van der Waals surface area contributed by atoms with Gasteiger partial charge in [-0.05, 0) is 42.2 Å². The van der Waals surface area contributed by atoms with E-state index in [9.17, 15) is 9.59 Å². The third kappa shape index (κ3) is 6.93. The molecule has 1 atom stereocenters. The van der Waals surface area contributed by atoms with Gasteiger partial charge in [0.15, 0.2) is 0 Å². The lowest BCUT2D eigenvalue weighted by atomic mass is 9.88. The molecule has 0 saturated carbocycles. The molecule has 0 radical (unpaired) electrons. The zero-order valence-corrected chi connectivity index (χ0v) is 20.0. The molecule has 0 unspecified atom stereocenters. The van der Waals surface area contributed by atoms with E-state index in [1.54, 1.807) is 24.0 Å². The topological polar surface area (TPSA) is 49.4 Å². The Morgan fingerprint density at radius 2 is 1.42 bits per heavy atom. The Morgan fingerprint density at radius 1 is 0.879 bits per heavy atom. The van der Waals surface area contributed by atoms with Gasteiger partial charge in [-0.2, -0.15) is 0 Å². The first-order valence-electron chi connectivity index (χ1n) is 11.4. The minimum atomic E-state index is -0.591. The zero-order valence-electron chi connectivity index (χ0n) is 19.2. The lowest BCUT2D eigenvalue weighted by molar-refractivity contribution is -0.140. The number of hydrogen-bond acceptors (Lipinski definition) is 2. The predicted octanol–water partition coefficient (Wildman–Crippen LogP) is 5.81. The second-order valence-corrected chi connectivity index (χ2v) is 8.63. The zero-order chi connectivity index (χ0) is 23.6. The molecule has 33 heavy (non-hydrogen) atoms. The number of amides is 2. The summed E-state index contributed by atoms with van der Waals surface area (Å²) < 4.78 is 0. The van der Waals surface area contributed by atoms with Crippen LogP contribution in [0.15, 0.2) is 84.9 Å². The SMILES string of the molecule is CCCNC(=O)[C@H](C)N(Cc1ccc(Cl)cc1)C(=O)CC(c1ccccc1)c1ccccc1. The molecule has 0 heterocycles. The summed E-state index contributed by atoms with van der Waals surface area (Å²) in [5, 5.41) is 3.56. The smallest absolute Gasteiger partial charge is 0.242 e. The van der Waals surface area contributed by atoms with E-state index >= 15 is 0 Å². The molecule has 0 spiro atoms. The predicted molar refractivity (Wildman–Crippen MR) is 134 cm³/mol. The van der Waals surface area contributed by atoms with Crippen molar-refractivity contribution in [2.75, 3.05) is 6.54 Å². The Hall–Kier alpha value is -3.11. The summed E-state index contributed by atoms with van der Waals surface area (Å²) in [6.07, 6.45) is 1.11. The molecule has 0 saturated heterocycles. The number of benzene rings is 3. The molecule has 2 amide bonds. The van der Waals surface area contributed by atoms with Gasteiger partial charge in [0.1, 0.15) is 6.04 Å². The summed E-state index contributed by atoms with van der Waals surface area (Å²) in [6.45, 7) is 4.72. The molecule has 3 aromatic rings. The minimum Gasteiger partial charge on any atom is -0.354 e. The lowest BCUT2D eigenvalue weighted by Gasteiger charge is -2.30. The molecule has 0 aromatic heterocycles. The monoisotopic (exact) mass is 462 g/mol. The van der Waals surface area contributed by atoms with Crippen molar-refractivity contribution in [2.45, 2.75) is 45.2 Å². The molecule has 5 heteroatoms. The number of carbonyl (C=O) groups excluding carboxylic acids is 2. The average molecular weight is 463 g/mol. The van der Waals surface area contributed by atoms with E-state index in [-0.39, 0.29) is 24.2 Å². The van der Waals surface area contributed by atoms with Crippen LogP contribution in [0.4, 0.5) is 0 Å². The van der Waals surface area contributed by atoms with Crippen molar-refractivity contribution >= 4 is 23.4 Å². The molecule has 3 rings (SSSR count). The highest BCUT2D eigenvalue weighted by Gasteiger charge is 2.28. The van der Waals surface area contributed by atoms with E-state index in [0.717, 1.165) is 23.1 Å². The van der Waals surface area contributed by atoms with Crippen LogP contribution in [-0.4, -0.2) is 29.3 Å². The van der Waals surface area contributed by atoms with Gasteiger partial charge in [0, 0.05) is 30.5 Å². The number of halogens is 1. The number of nitrogens with zero attached hydrogens (tertiary/aromatic N) is 1. The molecule has 0 aliphatic heterocycles. The van der Waals surface area contributed by atoms with Crippen LogP contribution in [0.2, 0.25) is 5.02 Å². The summed E-state index contributed by atoms with van der Waals surface area (Å²) >= 11 is 6.04. The quantitative estimate of drug-likeness (QED) is 0.413. The summed E-state index contributed by atoms with van der Waals surface area (Å²) in [4.78, 5) is 28.2. The van der Waals surface area contributed by atoms with Crippen molar-refractivity contribution < 1.29 is 9.59 Å². The van der Waals surface area contributed by atoms with Crippen molar-refractivity contribution in [2.24, 2.45) is 0 Å². The Bertz CT molecular complexity index is 983. The maximum absolute atomic E-state index is 13.7. The molecular formula is C28H31ClN2O2. The van der Waals surface area contributed by atoms with Gasteiger partial charge in [-0.3, -0.25) is 9.59 Å². The van der Waals surface area contributed by atoms with Gasteiger partial charge < -0.3 is 10.2 Å². The van der Waals surface area contributed by atoms with Gasteiger partial charge in [-0.15, -0.1) is 0 Å². The van der Waals surface area contributed by atoms with Crippen LogP contribution in [0.5, 0.6) is 0 Å². The molecule has 0 aliphatic rings. The number of carbonyl (C=O) groups is 2. The van der Waals surface area contributed by atoms with E-state index < -0.39 is 6.04 Å². The summed E-state index contributed by atoms with van der Waals surface area (Å²) in [5.41, 5.74) is 3.08. The molecule has 4 nitrogen and oxygen atoms in total. The van der Waals surface area contributed by atoms with E-state index in [0.29, 0.717) is 18.1 Å². The standard InChI is InChI=1S/C28H31ClN2O2/c1-3-18-30-28(33)21(2)31(20-22-14-16-25(29)17-15-22)27(32)19-26(23-10-6-4-7-11-23)24-12-8-5-9-13-24/h4-17,21,26H,3,18-20H2,1-2H3,(H,30,33)/t21-/m0/s1. The van der Waals surface area contributed by atoms with Crippen LogP contribution in [0.25, 0.3) is 0 Å². The number of hydrogen-bond donors (Lipinski definition) is 1. The Morgan fingerprint density at radius 3 is 1.94 bits per heavy atom. The minimum absolute atomic E-state index is 0.0678. The third-order valence-corrected chi connectivity index (χ3v) is 6.02. The first kappa shape index (κ1) is 24.5. The van der Waals surface area contributed by atoms with Crippen molar-refractivity contribution in [1.29, 1.82) is 0 Å². The van der Waals surface area contributed by atoms with Crippen molar-refractivity contribution in [3.05, 3.63) is 107 Å². The highest BCUT2D eigenvalue weighted by Crippen LogP contribution is 2.29. The van der Waals surface area contributed by atoms with Crippen molar-refractivity contribution in [3.8, 4) is 0 Å². The molecular weight excluding hydrogens is 432 g/mol. The molecule has 1 N–H and O–H groups in total. The van der Waals surface area contributed by atoms with Gasteiger partial charge in [-0.25, -0.2) is 0 Å². The van der Waals surface area contributed by atoms with Crippen molar-refractivity contribution in [3.63, 3.8) is 0 Å². The maximum atomic E-state index is 13.7. The molecule has 0 bridgehead atoms. The molecule has 172 valence electrons. The largest absolute Gasteiger partial charge is 0.354 e. The fourth-order valence-electron chi connectivity index (χ4n) is 3.86. The molecule has 0 aliphatic carbocycles. The van der Waals surface area contributed by atoms with Crippen LogP contribution in [-0.2, 0) is 16.1 Å². The fourth-order valence-corrected chi connectivity index (χ4v) is 3.98. The first-order chi connectivity index (χ1) is 16.0. The summed E-state index contributed by atoms with van der Waals surface area (Å²) in [6, 6.07) is 26.9. The van der Waals surface area contributed by atoms with Gasteiger partial charge in [0.05, 0.1) is 0 Å². The van der Waals surface area contributed by atoms with Gasteiger partial charge in [0.2, 0.25) is 11.8 Å².